The minimum Gasteiger partial charge on any atom is -0.493 e. The molecule has 8 nitrogen and oxygen atoms in total. The number of ether oxygens (including phenoxy) is 2. The highest BCUT2D eigenvalue weighted by atomic mass is 32.1. The number of hydrogen-bond acceptors (Lipinski definition) is 7. The fourth-order valence-electron chi connectivity index (χ4n) is 3.11. The number of benzene rings is 1. The number of nitrogens with zero attached hydrogens (tertiary/aromatic N) is 3. The number of hydrogen-bond donors (Lipinski definition) is 2. The standard InChI is InChI=1S/C22H21N5O3S/c1-29-17-8-6-16(15-18(17)30-2)7-9-21(28)26-22(19-5-3-14-31-19)23-12-10-20(25-22)27-13-4-11-24-27/h3-15,25H,1-2H3,(H,26,28)/b9-7+. The third-order valence-electron chi connectivity index (χ3n) is 4.58. The smallest absolute Gasteiger partial charge is 0.247 e. The Morgan fingerprint density at radius 2 is 2.10 bits per heavy atom. The van der Waals surface area contributed by atoms with E-state index in [2.05, 4.69) is 20.7 Å². The maximum absolute atomic E-state index is 12.9. The van der Waals surface area contributed by atoms with Gasteiger partial charge in [-0.25, -0.2) is 9.67 Å². The SMILES string of the molecule is COc1ccc(/C=C/C(=O)NC2(c3cccs3)N=CC=C(n3cccn3)N2)cc1OC. The summed E-state index contributed by atoms with van der Waals surface area (Å²) >= 11 is 1.49. The fraction of sp³-hybridized carbons (Fsp3) is 0.136. The molecule has 3 heterocycles. The normalized spacial score (nSPS) is 17.8. The van der Waals surface area contributed by atoms with Gasteiger partial charge in [-0.15, -0.1) is 11.3 Å². The van der Waals surface area contributed by atoms with E-state index in [-0.39, 0.29) is 5.91 Å². The summed E-state index contributed by atoms with van der Waals surface area (Å²) in [5, 5.41) is 12.5. The number of carbonyl (C=O) groups excluding carboxylic acids is 1. The lowest BCUT2D eigenvalue weighted by atomic mass is 10.1. The van der Waals surface area contributed by atoms with Gasteiger partial charge in [0.15, 0.2) is 11.5 Å². The molecule has 2 N–H and O–H groups in total. The molecule has 1 aliphatic rings. The number of thiophene rings is 1. The number of rotatable bonds is 7. The van der Waals surface area contributed by atoms with Gasteiger partial charge in [-0.2, -0.15) is 5.10 Å². The Balaban J connectivity index is 1.56. The van der Waals surface area contributed by atoms with Gasteiger partial charge >= 0.3 is 0 Å². The molecule has 0 spiro atoms. The van der Waals surface area contributed by atoms with Crippen LogP contribution < -0.4 is 20.1 Å². The first kappa shape index (κ1) is 20.4. The van der Waals surface area contributed by atoms with Crippen LogP contribution in [0.15, 0.2) is 71.3 Å². The van der Waals surface area contributed by atoms with Crippen molar-refractivity contribution in [2.24, 2.45) is 4.99 Å². The van der Waals surface area contributed by atoms with E-state index in [0.717, 1.165) is 10.4 Å². The van der Waals surface area contributed by atoms with Gasteiger partial charge in [0.2, 0.25) is 11.7 Å². The summed E-state index contributed by atoms with van der Waals surface area (Å²) in [5.41, 5.74) is 0.801. The molecule has 0 radical (unpaired) electrons. The van der Waals surface area contributed by atoms with Gasteiger partial charge in [0.05, 0.1) is 19.1 Å². The van der Waals surface area contributed by atoms with Crippen LogP contribution in [0.4, 0.5) is 0 Å². The molecule has 3 aromatic rings. The lowest BCUT2D eigenvalue weighted by Gasteiger charge is -2.34. The molecule has 0 saturated heterocycles. The third-order valence-corrected chi connectivity index (χ3v) is 5.56. The van der Waals surface area contributed by atoms with Crippen molar-refractivity contribution in [3.05, 3.63) is 76.8 Å². The van der Waals surface area contributed by atoms with Crippen molar-refractivity contribution in [3.8, 4) is 11.5 Å². The molecule has 0 saturated carbocycles. The van der Waals surface area contributed by atoms with E-state index < -0.39 is 5.79 Å². The highest BCUT2D eigenvalue weighted by Gasteiger charge is 2.36. The minimum absolute atomic E-state index is 0.311. The zero-order chi connectivity index (χ0) is 21.7. The molecule has 0 aliphatic carbocycles. The highest BCUT2D eigenvalue weighted by Crippen LogP contribution is 2.29. The summed E-state index contributed by atoms with van der Waals surface area (Å²) in [5.74, 6) is 0.461. The first-order chi connectivity index (χ1) is 15.1. The maximum Gasteiger partial charge on any atom is 0.247 e. The predicted molar refractivity (Wildman–Crippen MR) is 121 cm³/mol. The van der Waals surface area contributed by atoms with Crippen LogP contribution >= 0.6 is 11.3 Å². The zero-order valence-corrected chi connectivity index (χ0v) is 17.8. The molecule has 1 atom stereocenters. The van der Waals surface area contributed by atoms with E-state index in [0.29, 0.717) is 17.3 Å². The predicted octanol–water partition coefficient (Wildman–Crippen LogP) is 3.07. The second-order valence-electron chi connectivity index (χ2n) is 6.53. The first-order valence-electron chi connectivity index (χ1n) is 9.43. The van der Waals surface area contributed by atoms with Crippen molar-refractivity contribution < 1.29 is 14.3 Å². The van der Waals surface area contributed by atoms with Crippen LogP contribution in [0.2, 0.25) is 0 Å². The van der Waals surface area contributed by atoms with Gasteiger partial charge in [0.1, 0.15) is 5.82 Å². The van der Waals surface area contributed by atoms with Crippen molar-refractivity contribution in [2.45, 2.75) is 5.79 Å². The first-order valence-corrected chi connectivity index (χ1v) is 10.3. The highest BCUT2D eigenvalue weighted by molar-refractivity contribution is 7.10. The van der Waals surface area contributed by atoms with Gasteiger partial charge in [0, 0.05) is 24.7 Å². The average Bonchev–Trinajstić information content (AvgIpc) is 3.52. The lowest BCUT2D eigenvalue weighted by Crippen LogP contribution is -2.55. The van der Waals surface area contributed by atoms with Crippen LogP contribution in [-0.4, -0.2) is 36.1 Å². The van der Waals surface area contributed by atoms with Gasteiger partial charge in [-0.3, -0.25) is 4.79 Å². The van der Waals surface area contributed by atoms with E-state index in [1.165, 1.54) is 17.4 Å². The number of allylic oxidation sites excluding steroid dienone is 1. The molecule has 0 fully saturated rings. The number of aromatic nitrogens is 2. The van der Waals surface area contributed by atoms with Crippen LogP contribution in [-0.2, 0) is 10.6 Å². The Morgan fingerprint density at radius 3 is 2.81 bits per heavy atom. The molecule has 2 aromatic heterocycles. The quantitative estimate of drug-likeness (QED) is 0.557. The minimum atomic E-state index is -1.14. The van der Waals surface area contributed by atoms with Crippen molar-refractivity contribution in [3.63, 3.8) is 0 Å². The molecule has 1 amide bonds. The monoisotopic (exact) mass is 435 g/mol. The fourth-order valence-corrected chi connectivity index (χ4v) is 3.89. The van der Waals surface area contributed by atoms with Crippen molar-refractivity contribution in [2.75, 3.05) is 14.2 Å². The van der Waals surface area contributed by atoms with Crippen molar-refractivity contribution >= 4 is 35.4 Å². The van der Waals surface area contributed by atoms with Gasteiger partial charge in [-0.1, -0.05) is 12.1 Å². The van der Waals surface area contributed by atoms with Gasteiger partial charge in [0.25, 0.3) is 0 Å². The van der Waals surface area contributed by atoms with Crippen LogP contribution in [0.1, 0.15) is 10.4 Å². The van der Waals surface area contributed by atoms with E-state index in [4.69, 9.17) is 9.47 Å². The number of aliphatic imine (C=N–C) groups is 1. The molecule has 31 heavy (non-hydrogen) atoms. The lowest BCUT2D eigenvalue weighted by molar-refractivity contribution is -0.118. The Hall–Kier alpha value is -3.85. The van der Waals surface area contributed by atoms with Crippen molar-refractivity contribution in [1.82, 2.24) is 20.4 Å². The summed E-state index contributed by atoms with van der Waals surface area (Å²) < 4.78 is 12.2. The maximum atomic E-state index is 12.9. The second-order valence-corrected chi connectivity index (χ2v) is 7.48. The van der Waals surface area contributed by atoms with E-state index in [1.807, 2.05) is 35.8 Å². The largest absolute Gasteiger partial charge is 0.493 e. The summed E-state index contributed by atoms with van der Waals surface area (Å²) in [4.78, 5) is 18.3. The van der Waals surface area contributed by atoms with Crippen LogP contribution in [0, 0.1) is 0 Å². The zero-order valence-electron chi connectivity index (χ0n) is 17.0. The molecule has 9 heteroatoms. The molecule has 1 aromatic carbocycles. The molecular formula is C22H21N5O3S. The number of methoxy groups -OCH3 is 2. The molecule has 1 unspecified atom stereocenters. The van der Waals surface area contributed by atoms with E-state index in [9.17, 15) is 4.79 Å². The van der Waals surface area contributed by atoms with E-state index >= 15 is 0 Å². The summed E-state index contributed by atoms with van der Waals surface area (Å²) in [6.07, 6.45) is 10.1. The number of nitrogens with one attached hydrogen (secondary N) is 2. The van der Waals surface area contributed by atoms with Crippen LogP contribution in [0.5, 0.6) is 11.5 Å². The second kappa shape index (κ2) is 8.88. The topological polar surface area (TPSA) is 89.8 Å². The third kappa shape index (κ3) is 4.36. The van der Waals surface area contributed by atoms with Gasteiger partial charge < -0.3 is 20.1 Å². The summed E-state index contributed by atoms with van der Waals surface area (Å²) in [7, 11) is 3.15. The van der Waals surface area contributed by atoms with Crippen LogP contribution in [0.25, 0.3) is 11.9 Å². The number of amides is 1. The molecule has 158 valence electrons. The Bertz CT molecular complexity index is 1140. The summed E-state index contributed by atoms with van der Waals surface area (Å²) in [6, 6.07) is 11.1. The Labute approximate surface area is 183 Å². The molecule has 4 rings (SSSR count). The molecule has 0 bridgehead atoms. The Kier molecular flexibility index (Phi) is 5.85. The molecular weight excluding hydrogens is 414 g/mol. The van der Waals surface area contributed by atoms with Crippen molar-refractivity contribution in [1.29, 1.82) is 0 Å². The average molecular weight is 436 g/mol. The molecule has 1 aliphatic heterocycles. The Morgan fingerprint density at radius 1 is 1.23 bits per heavy atom. The van der Waals surface area contributed by atoms with E-state index in [1.54, 1.807) is 55.6 Å². The number of carbonyl (C=O) groups is 1. The van der Waals surface area contributed by atoms with Gasteiger partial charge in [-0.05, 0) is 47.4 Å². The van der Waals surface area contributed by atoms with Crippen LogP contribution in [0.3, 0.4) is 0 Å². The summed E-state index contributed by atoms with van der Waals surface area (Å²) in [6.45, 7) is 0.